The van der Waals surface area contributed by atoms with Crippen LogP contribution >= 0.6 is 0 Å². The minimum absolute atomic E-state index is 0.0735. The number of carbonyl (C=O) groups excluding carboxylic acids is 3. The number of rotatable bonds is 7. The predicted molar refractivity (Wildman–Crippen MR) is 129 cm³/mol. The first-order chi connectivity index (χ1) is 16.4. The van der Waals surface area contributed by atoms with Crippen LogP contribution in [0.5, 0.6) is 0 Å². The standard InChI is InChI=1S/C25H33F2N5O3/c1-15(22(26)27)16-5-7-17(8-6-16)23(34)30-19-14-28-31-21(19)24(35)29-18-9-11-32(12-10-18)20(33)13-25(2,3)4/h5-8,14-15,18,22H,9-13H2,1-4H3,(H,28,31)(H,29,35)(H,30,34). The molecule has 1 atom stereocenters. The molecule has 1 aliphatic rings. The van der Waals surface area contributed by atoms with Gasteiger partial charge in [-0.05, 0) is 36.0 Å². The van der Waals surface area contributed by atoms with Gasteiger partial charge < -0.3 is 15.5 Å². The van der Waals surface area contributed by atoms with Crippen molar-refractivity contribution in [2.24, 2.45) is 5.41 Å². The molecule has 0 bridgehead atoms. The fraction of sp³-hybridized carbons (Fsp3) is 0.520. The van der Waals surface area contributed by atoms with Crippen LogP contribution in [0.25, 0.3) is 0 Å². The van der Waals surface area contributed by atoms with E-state index in [1.165, 1.54) is 37.4 Å². The first-order valence-electron chi connectivity index (χ1n) is 11.8. The zero-order chi connectivity index (χ0) is 25.8. The van der Waals surface area contributed by atoms with Crippen molar-refractivity contribution in [3.05, 3.63) is 47.3 Å². The SMILES string of the molecule is CC(c1ccc(C(=O)Nc2cn[nH]c2C(=O)NC2CCN(C(=O)CC(C)(C)C)CC2)cc1)C(F)F. The lowest BCUT2D eigenvalue weighted by Crippen LogP contribution is -2.47. The van der Waals surface area contributed by atoms with E-state index in [1.807, 2.05) is 25.7 Å². The second-order valence-corrected chi connectivity index (χ2v) is 10.2. The molecule has 3 amide bonds. The number of hydrogen-bond donors (Lipinski definition) is 3. The highest BCUT2D eigenvalue weighted by Crippen LogP contribution is 2.24. The summed E-state index contributed by atoms with van der Waals surface area (Å²) < 4.78 is 25.8. The zero-order valence-corrected chi connectivity index (χ0v) is 20.5. The molecule has 190 valence electrons. The molecule has 0 radical (unpaired) electrons. The smallest absolute Gasteiger partial charge is 0.271 e. The van der Waals surface area contributed by atoms with Gasteiger partial charge in [0.25, 0.3) is 11.8 Å². The van der Waals surface area contributed by atoms with E-state index in [2.05, 4.69) is 20.8 Å². The lowest BCUT2D eigenvalue weighted by atomic mass is 9.91. The Bertz CT molecular complexity index is 1040. The second kappa shape index (κ2) is 11.0. The van der Waals surface area contributed by atoms with Crippen LogP contribution in [0.4, 0.5) is 14.5 Å². The third-order valence-corrected chi connectivity index (χ3v) is 6.06. The van der Waals surface area contributed by atoms with E-state index in [1.54, 1.807) is 0 Å². The van der Waals surface area contributed by atoms with E-state index in [4.69, 9.17) is 0 Å². The van der Waals surface area contributed by atoms with Crippen LogP contribution < -0.4 is 10.6 Å². The Kier molecular flexibility index (Phi) is 8.24. The largest absolute Gasteiger partial charge is 0.348 e. The molecule has 35 heavy (non-hydrogen) atoms. The maximum atomic E-state index is 12.9. The van der Waals surface area contributed by atoms with E-state index in [0.29, 0.717) is 37.9 Å². The predicted octanol–water partition coefficient (Wildman–Crippen LogP) is 4.19. The lowest BCUT2D eigenvalue weighted by molar-refractivity contribution is -0.134. The maximum absolute atomic E-state index is 12.9. The van der Waals surface area contributed by atoms with Crippen LogP contribution in [0.2, 0.25) is 0 Å². The van der Waals surface area contributed by atoms with Gasteiger partial charge in [0.2, 0.25) is 12.3 Å². The highest BCUT2D eigenvalue weighted by atomic mass is 19.3. The lowest BCUT2D eigenvalue weighted by Gasteiger charge is -2.34. The second-order valence-electron chi connectivity index (χ2n) is 10.2. The van der Waals surface area contributed by atoms with Crippen molar-refractivity contribution in [3.63, 3.8) is 0 Å². The average Bonchev–Trinajstić information content (AvgIpc) is 3.26. The van der Waals surface area contributed by atoms with Crippen molar-refractivity contribution in [1.82, 2.24) is 20.4 Å². The summed E-state index contributed by atoms with van der Waals surface area (Å²) in [5.74, 6) is -1.70. The third-order valence-electron chi connectivity index (χ3n) is 6.06. The van der Waals surface area contributed by atoms with Gasteiger partial charge >= 0.3 is 0 Å². The van der Waals surface area contributed by atoms with Crippen LogP contribution in [0, 0.1) is 5.41 Å². The van der Waals surface area contributed by atoms with E-state index in [0.717, 1.165) is 0 Å². The first-order valence-corrected chi connectivity index (χ1v) is 11.8. The van der Waals surface area contributed by atoms with E-state index < -0.39 is 24.2 Å². The summed E-state index contributed by atoms with van der Waals surface area (Å²) in [7, 11) is 0. The number of anilines is 1. The number of piperidine rings is 1. The van der Waals surface area contributed by atoms with Crippen molar-refractivity contribution in [1.29, 1.82) is 0 Å². The molecule has 3 N–H and O–H groups in total. The van der Waals surface area contributed by atoms with E-state index in [9.17, 15) is 23.2 Å². The van der Waals surface area contributed by atoms with Crippen LogP contribution in [0.15, 0.2) is 30.5 Å². The molecule has 0 saturated carbocycles. The van der Waals surface area contributed by atoms with Crippen molar-refractivity contribution in [2.75, 3.05) is 18.4 Å². The van der Waals surface area contributed by atoms with Gasteiger partial charge in [0.05, 0.1) is 11.9 Å². The highest BCUT2D eigenvalue weighted by Gasteiger charge is 2.27. The van der Waals surface area contributed by atoms with Gasteiger partial charge in [-0.25, -0.2) is 8.78 Å². The molecular weight excluding hydrogens is 456 g/mol. The fourth-order valence-electron chi connectivity index (χ4n) is 3.93. The summed E-state index contributed by atoms with van der Waals surface area (Å²) in [6, 6.07) is 5.83. The molecule has 1 saturated heterocycles. The molecule has 2 heterocycles. The molecule has 10 heteroatoms. The van der Waals surface area contributed by atoms with Crippen LogP contribution in [0.3, 0.4) is 0 Å². The van der Waals surface area contributed by atoms with Crippen molar-refractivity contribution >= 4 is 23.4 Å². The summed E-state index contributed by atoms with van der Waals surface area (Å²) in [6.45, 7) is 8.66. The summed E-state index contributed by atoms with van der Waals surface area (Å²) >= 11 is 0. The Morgan fingerprint density at radius 1 is 1.11 bits per heavy atom. The van der Waals surface area contributed by atoms with Gasteiger partial charge in [-0.15, -0.1) is 0 Å². The number of aromatic nitrogens is 2. The number of benzene rings is 1. The number of alkyl halides is 2. The van der Waals surface area contributed by atoms with Crippen LogP contribution in [-0.2, 0) is 4.79 Å². The van der Waals surface area contributed by atoms with Gasteiger partial charge in [0.15, 0.2) is 0 Å². The van der Waals surface area contributed by atoms with Crippen molar-refractivity contribution in [3.8, 4) is 0 Å². The van der Waals surface area contributed by atoms with Crippen molar-refractivity contribution < 1.29 is 23.2 Å². The topological polar surface area (TPSA) is 107 Å². The number of halogens is 2. The minimum atomic E-state index is -2.49. The molecule has 1 fully saturated rings. The fourth-order valence-corrected chi connectivity index (χ4v) is 3.93. The molecule has 2 aromatic rings. The molecule has 1 aliphatic heterocycles. The van der Waals surface area contributed by atoms with Gasteiger partial charge in [0.1, 0.15) is 5.69 Å². The zero-order valence-electron chi connectivity index (χ0n) is 20.5. The molecule has 0 aliphatic carbocycles. The minimum Gasteiger partial charge on any atom is -0.348 e. The number of carbonyl (C=O) groups is 3. The van der Waals surface area contributed by atoms with Crippen molar-refractivity contribution in [2.45, 2.75) is 65.3 Å². The number of aromatic amines is 1. The van der Waals surface area contributed by atoms with Crippen LogP contribution in [-0.4, -0.2) is 58.4 Å². The van der Waals surface area contributed by atoms with E-state index in [-0.39, 0.29) is 34.3 Å². The van der Waals surface area contributed by atoms with E-state index >= 15 is 0 Å². The summed E-state index contributed by atoms with van der Waals surface area (Å²) in [4.78, 5) is 39.7. The summed E-state index contributed by atoms with van der Waals surface area (Å²) in [5, 5.41) is 12.1. The Morgan fingerprint density at radius 2 is 1.74 bits per heavy atom. The van der Waals surface area contributed by atoms with Gasteiger partial charge in [-0.3, -0.25) is 19.5 Å². The summed E-state index contributed by atoms with van der Waals surface area (Å²) in [6.07, 6.45) is 0.614. The molecule has 8 nitrogen and oxygen atoms in total. The molecule has 3 rings (SSSR count). The van der Waals surface area contributed by atoms with Crippen LogP contribution in [0.1, 0.15) is 79.3 Å². The first kappa shape index (κ1) is 26.3. The normalized spacial score (nSPS) is 15.7. The molecule has 1 aromatic carbocycles. The Morgan fingerprint density at radius 3 is 2.31 bits per heavy atom. The van der Waals surface area contributed by atoms with Gasteiger partial charge in [0, 0.05) is 37.0 Å². The molecular formula is C25H33F2N5O3. The number of likely N-dealkylation sites (tertiary alicyclic amines) is 1. The molecule has 1 unspecified atom stereocenters. The third kappa shape index (κ3) is 7.10. The monoisotopic (exact) mass is 489 g/mol. The summed E-state index contributed by atoms with van der Waals surface area (Å²) in [5.41, 5.74) is 0.972. The quantitative estimate of drug-likeness (QED) is 0.542. The molecule has 1 aromatic heterocycles. The average molecular weight is 490 g/mol. The maximum Gasteiger partial charge on any atom is 0.271 e. The number of nitrogens with zero attached hydrogens (tertiary/aromatic N) is 2. The highest BCUT2D eigenvalue weighted by molar-refractivity contribution is 6.08. The number of hydrogen-bond acceptors (Lipinski definition) is 4. The molecule has 0 spiro atoms. The number of nitrogens with one attached hydrogen (secondary N) is 3. The number of H-pyrrole nitrogens is 1. The Hall–Kier alpha value is -3.30. The Labute approximate surface area is 203 Å². The Balaban J connectivity index is 1.55. The number of amides is 3. The van der Waals surface area contributed by atoms with Gasteiger partial charge in [-0.1, -0.05) is 39.8 Å². The van der Waals surface area contributed by atoms with Gasteiger partial charge in [-0.2, -0.15) is 5.10 Å².